The van der Waals surface area contributed by atoms with Crippen molar-refractivity contribution in [2.24, 2.45) is 5.92 Å². The second kappa shape index (κ2) is 8.28. The Hall–Kier alpha value is -0.930. The summed E-state index contributed by atoms with van der Waals surface area (Å²) in [5.41, 5.74) is 1.09. The zero-order valence-corrected chi connectivity index (χ0v) is 12.0. The van der Waals surface area contributed by atoms with Crippen LogP contribution in [0.2, 0.25) is 0 Å². The highest BCUT2D eigenvalue weighted by Gasteiger charge is 2.23. The molecule has 1 aromatic rings. The van der Waals surface area contributed by atoms with Gasteiger partial charge in [0.1, 0.15) is 0 Å². The summed E-state index contributed by atoms with van der Waals surface area (Å²) in [4.78, 5) is 4.29. The van der Waals surface area contributed by atoms with Crippen molar-refractivity contribution < 1.29 is 4.74 Å². The fourth-order valence-corrected chi connectivity index (χ4v) is 2.86. The van der Waals surface area contributed by atoms with Gasteiger partial charge >= 0.3 is 0 Å². The predicted octanol–water partition coefficient (Wildman–Crippen LogP) is 3.16. The van der Waals surface area contributed by atoms with Gasteiger partial charge in [0.25, 0.3) is 0 Å². The van der Waals surface area contributed by atoms with Crippen molar-refractivity contribution in [2.45, 2.75) is 51.7 Å². The molecule has 0 aliphatic heterocycles. The molecule has 0 amide bonds. The summed E-state index contributed by atoms with van der Waals surface area (Å²) in [6.07, 6.45) is 8.91. The van der Waals surface area contributed by atoms with E-state index < -0.39 is 0 Å². The molecule has 3 nitrogen and oxygen atoms in total. The Morgan fingerprint density at radius 2 is 2.21 bits per heavy atom. The van der Waals surface area contributed by atoms with E-state index in [2.05, 4.69) is 17.2 Å². The van der Waals surface area contributed by atoms with Gasteiger partial charge in [-0.25, -0.2) is 0 Å². The Balaban J connectivity index is 1.58. The number of rotatable bonds is 7. The number of pyridine rings is 1. The van der Waals surface area contributed by atoms with Crippen molar-refractivity contribution in [3.8, 4) is 0 Å². The van der Waals surface area contributed by atoms with E-state index >= 15 is 0 Å². The summed E-state index contributed by atoms with van der Waals surface area (Å²) in [5, 5.41) is 3.39. The lowest BCUT2D eigenvalue weighted by molar-refractivity contribution is -0.0103. The van der Waals surface area contributed by atoms with Crippen LogP contribution in [0, 0.1) is 5.92 Å². The maximum atomic E-state index is 6.04. The third-order valence-electron chi connectivity index (χ3n) is 4.01. The second-order valence-corrected chi connectivity index (χ2v) is 5.36. The van der Waals surface area contributed by atoms with E-state index in [1.165, 1.54) is 32.1 Å². The van der Waals surface area contributed by atoms with Crippen LogP contribution in [0.1, 0.15) is 44.7 Å². The smallest absolute Gasteiger partial charge is 0.0603 e. The van der Waals surface area contributed by atoms with Gasteiger partial charge in [0.05, 0.1) is 18.4 Å². The van der Waals surface area contributed by atoms with Gasteiger partial charge in [-0.2, -0.15) is 0 Å². The number of hydrogen-bond acceptors (Lipinski definition) is 3. The lowest BCUT2D eigenvalue weighted by Crippen LogP contribution is -2.30. The Bertz CT molecular complexity index is 342. The quantitative estimate of drug-likeness (QED) is 0.766. The van der Waals surface area contributed by atoms with Gasteiger partial charge in [0.2, 0.25) is 0 Å². The molecule has 1 aliphatic carbocycles. The van der Waals surface area contributed by atoms with E-state index in [1.807, 2.05) is 24.4 Å². The van der Waals surface area contributed by atoms with Crippen molar-refractivity contribution in [3.63, 3.8) is 0 Å². The van der Waals surface area contributed by atoms with Crippen LogP contribution in [-0.4, -0.2) is 24.2 Å². The molecule has 3 heteroatoms. The first-order valence-corrected chi connectivity index (χ1v) is 7.62. The zero-order valence-electron chi connectivity index (χ0n) is 12.0. The Morgan fingerprint density at radius 1 is 1.32 bits per heavy atom. The number of aromatic nitrogens is 1. The minimum atomic E-state index is 0.496. The third-order valence-corrected chi connectivity index (χ3v) is 4.01. The first-order valence-electron chi connectivity index (χ1n) is 7.62. The maximum Gasteiger partial charge on any atom is 0.0603 e. The van der Waals surface area contributed by atoms with Gasteiger partial charge in [-0.05, 0) is 30.9 Å². The predicted molar refractivity (Wildman–Crippen MR) is 77.9 cm³/mol. The van der Waals surface area contributed by atoms with Crippen LogP contribution in [0.15, 0.2) is 24.4 Å². The van der Waals surface area contributed by atoms with E-state index in [9.17, 15) is 0 Å². The van der Waals surface area contributed by atoms with Crippen molar-refractivity contribution in [1.82, 2.24) is 10.3 Å². The minimum absolute atomic E-state index is 0.496. The third kappa shape index (κ3) is 4.92. The van der Waals surface area contributed by atoms with Crippen LogP contribution >= 0.6 is 0 Å². The van der Waals surface area contributed by atoms with Gasteiger partial charge in [0, 0.05) is 19.3 Å². The molecule has 0 radical (unpaired) electrons. The van der Waals surface area contributed by atoms with Gasteiger partial charge in [-0.3, -0.25) is 4.98 Å². The first-order chi connectivity index (χ1) is 9.40. The maximum absolute atomic E-state index is 6.04. The molecule has 1 fully saturated rings. The SMILES string of the molecule is CCC1CCCCC1OCCNCc1ccccn1. The molecule has 2 unspecified atom stereocenters. The van der Waals surface area contributed by atoms with Crippen molar-refractivity contribution >= 4 is 0 Å². The molecule has 0 bridgehead atoms. The van der Waals surface area contributed by atoms with Crippen molar-refractivity contribution in [2.75, 3.05) is 13.2 Å². The largest absolute Gasteiger partial charge is 0.377 e. The highest BCUT2D eigenvalue weighted by atomic mass is 16.5. The highest BCUT2D eigenvalue weighted by molar-refractivity contribution is 5.02. The first kappa shape index (κ1) is 14.5. The van der Waals surface area contributed by atoms with Crippen LogP contribution in [0.4, 0.5) is 0 Å². The van der Waals surface area contributed by atoms with Gasteiger partial charge < -0.3 is 10.1 Å². The van der Waals surface area contributed by atoms with Crippen LogP contribution in [0.25, 0.3) is 0 Å². The number of nitrogens with zero attached hydrogens (tertiary/aromatic N) is 1. The van der Waals surface area contributed by atoms with Gasteiger partial charge in [-0.15, -0.1) is 0 Å². The Labute approximate surface area is 116 Å². The van der Waals surface area contributed by atoms with Crippen LogP contribution in [0.5, 0.6) is 0 Å². The molecule has 2 rings (SSSR count). The molecule has 1 aliphatic rings. The summed E-state index contributed by atoms with van der Waals surface area (Å²) in [7, 11) is 0. The van der Waals surface area contributed by atoms with Gasteiger partial charge in [-0.1, -0.05) is 32.3 Å². The molecule has 1 saturated carbocycles. The fourth-order valence-electron chi connectivity index (χ4n) is 2.86. The van der Waals surface area contributed by atoms with Crippen LogP contribution in [0.3, 0.4) is 0 Å². The van der Waals surface area contributed by atoms with Crippen LogP contribution in [-0.2, 0) is 11.3 Å². The molecular formula is C16H26N2O. The average molecular weight is 262 g/mol. The average Bonchev–Trinajstić information content (AvgIpc) is 2.48. The lowest BCUT2D eigenvalue weighted by Gasteiger charge is -2.30. The highest BCUT2D eigenvalue weighted by Crippen LogP contribution is 2.28. The van der Waals surface area contributed by atoms with Crippen LogP contribution < -0.4 is 5.32 Å². The van der Waals surface area contributed by atoms with Crippen molar-refractivity contribution in [3.05, 3.63) is 30.1 Å². The molecule has 19 heavy (non-hydrogen) atoms. The second-order valence-electron chi connectivity index (χ2n) is 5.36. The summed E-state index contributed by atoms with van der Waals surface area (Å²) < 4.78 is 6.04. The summed E-state index contributed by atoms with van der Waals surface area (Å²) in [5.74, 6) is 0.782. The van der Waals surface area contributed by atoms with E-state index in [4.69, 9.17) is 4.74 Å². The molecule has 2 atom stereocenters. The molecular weight excluding hydrogens is 236 g/mol. The minimum Gasteiger partial charge on any atom is -0.377 e. The summed E-state index contributed by atoms with van der Waals surface area (Å²) in [6, 6.07) is 6.01. The van der Waals surface area contributed by atoms with E-state index in [-0.39, 0.29) is 0 Å². The fraction of sp³-hybridized carbons (Fsp3) is 0.688. The Kier molecular flexibility index (Phi) is 6.31. The molecule has 1 aromatic heterocycles. The molecule has 0 saturated heterocycles. The van der Waals surface area contributed by atoms with Crippen molar-refractivity contribution in [1.29, 1.82) is 0 Å². The molecule has 0 aromatic carbocycles. The normalized spacial score (nSPS) is 23.4. The lowest BCUT2D eigenvalue weighted by atomic mass is 9.85. The molecule has 1 heterocycles. The molecule has 1 N–H and O–H groups in total. The van der Waals surface area contributed by atoms with E-state index in [0.29, 0.717) is 6.10 Å². The number of hydrogen-bond donors (Lipinski definition) is 1. The van der Waals surface area contributed by atoms with E-state index in [1.54, 1.807) is 0 Å². The van der Waals surface area contributed by atoms with E-state index in [0.717, 1.165) is 31.3 Å². The molecule has 0 spiro atoms. The number of nitrogens with one attached hydrogen (secondary N) is 1. The molecule has 106 valence electrons. The standard InChI is InChI=1S/C16H26N2O/c1-2-14-7-3-4-9-16(14)19-12-11-17-13-15-8-5-6-10-18-15/h5-6,8,10,14,16-17H,2-4,7,9,11-13H2,1H3. The zero-order chi connectivity index (χ0) is 13.3. The Morgan fingerprint density at radius 3 is 3.00 bits per heavy atom. The topological polar surface area (TPSA) is 34.1 Å². The number of ether oxygens (including phenoxy) is 1. The monoisotopic (exact) mass is 262 g/mol. The van der Waals surface area contributed by atoms with Gasteiger partial charge in [0.15, 0.2) is 0 Å². The summed E-state index contributed by atoms with van der Waals surface area (Å²) >= 11 is 0. The summed E-state index contributed by atoms with van der Waals surface area (Å²) in [6.45, 7) is 4.83.